The lowest BCUT2D eigenvalue weighted by Crippen LogP contribution is -2.50. The molecule has 0 aliphatic carbocycles. The van der Waals surface area contributed by atoms with Crippen LogP contribution in [-0.4, -0.2) is 50.3 Å². The first-order valence-corrected chi connectivity index (χ1v) is 4.76. The van der Waals surface area contributed by atoms with Crippen molar-refractivity contribution in [2.45, 2.75) is 6.04 Å². The second-order valence-corrected chi connectivity index (χ2v) is 3.64. The molecule has 1 saturated heterocycles. The third-order valence-corrected chi connectivity index (χ3v) is 2.21. The average molecular weight is 220 g/mol. The molecule has 5 heteroatoms. The minimum absolute atomic E-state index is 0.289. The highest BCUT2D eigenvalue weighted by Gasteiger charge is 2.30. The van der Waals surface area contributed by atoms with Crippen LogP contribution in [0.2, 0.25) is 0 Å². The lowest BCUT2D eigenvalue weighted by Gasteiger charge is -2.33. The summed E-state index contributed by atoms with van der Waals surface area (Å²) in [5.41, 5.74) is 0. The maximum Gasteiger partial charge on any atom is 0.325 e. The van der Waals surface area contributed by atoms with Crippen molar-refractivity contribution in [2.75, 3.05) is 33.4 Å². The monoisotopic (exact) mass is 219 g/mol. The van der Waals surface area contributed by atoms with Crippen molar-refractivity contribution in [1.82, 2.24) is 4.90 Å². The highest BCUT2D eigenvalue weighted by atomic mass is 35.5. The summed E-state index contributed by atoms with van der Waals surface area (Å²) in [6.07, 6.45) is 0. The standard InChI is InChI=1S/C9H14ClNO3/c1-7(10)5-11-3-4-14-6-8(11)9(12)13-2/h8H,1,3-6H2,2H3. The van der Waals surface area contributed by atoms with Crippen LogP contribution in [0, 0.1) is 0 Å². The molecule has 0 aromatic carbocycles. The summed E-state index contributed by atoms with van der Waals surface area (Å²) in [5.74, 6) is -0.289. The summed E-state index contributed by atoms with van der Waals surface area (Å²) in [4.78, 5) is 13.2. The fraction of sp³-hybridized carbons (Fsp3) is 0.667. The van der Waals surface area contributed by atoms with Gasteiger partial charge in [-0.25, -0.2) is 0 Å². The number of esters is 1. The molecule has 1 unspecified atom stereocenters. The van der Waals surface area contributed by atoms with Crippen molar-refractivity contribution in [2.24, 2.45) is 0 Å². The van der Waals surface area contributed by atoms with E-state index >= 15 is 0 Å². The summed E-state index contributed by atoms with van der Waals surface area (Å²) in [7, 11) is 1.37. The zero-order valence-electron chi connectivity index (χ0n) is 8.16. The van der Waals surface area contributed by atoms with Gasteiger partial charge < -0.3 is 9.47 Å². The summed E-state index contributed by atoms with van der Waals surface area (Å²) >= 11 is 5.70. The number of halogens is 1. The molecule has 0 aromatic rings. The minimum atomic E-state index is -0.357. The first kappa shape index (κ1) is 11.5. The Balaban J connectivity index is 2.58. The Labute approximate surface area is 88.4 Å². The number of rotatable bonds is 3. The molecular formula is C9H14ClNO3. The van der Waals surface area contributed by atoms with E-state index in [1.165, 1.54) is 7.11 Å². The van der Waals surface area contributed by atoms with Gasteiger partial charge >= 0.3 is 5.97 Å². The van der Waals surface area contributed by atoms with Crippen LogP contribution >= 0.6 is 11.6 Å². The first-order chi connectivity index (χ1) is 6.65. The van der Waals surface area contributed by atoms with Crippen molar-refractivity contribution in [1.29, 1.82) is 0 Å². The molecule has 1 atom stereocenters. The van der Waals surface area contributed by atoms with E-state index in [2.05, 4.69) is 11.3 Å². The predicted molar refractivity (Wildman–Crippen MR) is 53.2 cm³/mol. The van der Waals surface area contributed by atoms with E-state index in [0.717, 1.165) is 0 Å². The van der Waals surface area contributed by atoms with Gasteiger partial charge in [-0.3, -0.25) is 9.69 Å². The normalized spacial score (nSPS) is 23.1. The highest BCUT2D eigenvalue weighted by molar-refractivity contribution is 6.29. The van der Waals surface area contributed by atoms with E-state index in [1.54, 1.807) is 0 Å². The van der Waals surface area contributed by atoms with Crippen LogP contribution in [0.15, 0.2) is 11.6 Å². The Morgan fingerprint density at radius 3 is 3.07 bits per heavy atom. The highest BCUT2D eigenvalue weighted by Crippen LogP contribution is 2.11. The maximum absolute atomic E-state index is 11.3. The Morgan fingerprint density at radius 2 is 2.50 bits per heavy atom. The second kappa shape index (κ2) is 5.34. The first-order valence-electron chi connectivity index (χ1n) is 4.38. The molecule has 1 fully saturated rings. The number of nitrogens with zero attached hydrogens (tertiary/aromatic N) is 1. The summed E-state index contributed by atoms with van der Waals surface area (Å²) in [6.45, 7) is 5.73. The zero-order chi connectivity index (χ0) is 10.6. The molecule has 14 heavy (non-hydrogen) atoms. The third-order valence-electron chi connectivity index (χ3n) is 2.09. The molecule has 1 aliphatic rings. The molecular weight excluding hydrogens is 206 g/mol. The van der Waals surface area contributed by atoms with E-state index < -0.39 is 0 Å². The fourth-order valence-corrected chi connectivity index (χ4v) is 1.55. The van der Waals surface area contributed by atoms with Gasteiger partial charge in [-0.1, -0.05) is 18.2 Å². The van der Waals surface area contributed by atoms with E-state index in [9.17, 15) is 4.79 Å². The molecule has 1 aliphatic heterocycles. The van der Waals surface area contributed by atoms with Gasteiger partial charge in [-0.15, -0.1) is 0 Å². The summed E-state index contributed by atoms with van der Waals surface area (Å²) < 4.78 is 9.87. The second-order valence-electron chi connectivity index (χ2n) is 3.10. The molecule has 1 heterocycles. The number of carbonyl (C=O) groups excluding carboxylic acids is 1. The minimum Gasteiger partial charge on any atom is -0.468 e. The Hall–Kier alpha value is -0.580. The largest absolute Gasteiger partial charge is 0.468 e. The molecule has 0 bridgehead atoms. The molecule has 0 amide bonds. The molecule has 0 saturated carbocycles. The van der Waals surface area contributed by atoms with Crippen LogP contribution in [0.4, 0.5) is 0 Å². The van der Waals surface area contributed by atoms with Gasteiger partial charge in [-0.2, -0.15) is 0 Å². The van der Waals surface area contributed by atoms with Gasteiger partial charge in [0, 0.05) is 18.1 Å². The molecule has 0 radical (unpaired) electrons. The third kappa shape index (κ3) is 2.97. The van der Waals surface area contributed by atoms with Crippen molar-refractivity contribution < 1.29 is 14.3 Å². The molecule has 0 spiro atoms. The molecule has 4 nitrogen and oxygen atoms in total. The number of methoxy groups -OCH3 is 1. The van der Waals surface area contributed by atoms with Gasteiger partial charge in [0.1, 0.15) is 6.04 Å². The van der Waals surface area contributed by atoms with E-state index in [0.29, 0.717) is 31.3 Å². The van der Waals surface area contributed by atoms with Crippen molar-refractivity contribution in [3.8, 4) is 0 Å². The smallest absolute Gasteiger partial charge is 0.325 e. The lowest BCUT2D eigenvalue weighted by molar-refractivity contribution is -0.152. The van der Waals surface area contributed by atoms with Gasteiger partial charge in [0.05, 0.1) is 20.3 Å². The van der Waals surface area contributed by atoms with Gasteiger partial charge in [0.2, 0.25) is 0 Å². The topological polar surface area (TPSA) is 38.8 Å². The molecule has 80 valence electrons. The zero-order valence-corrected chi connectivity index (χ0v) is 8.92. The SMILES string of the molecule is C=C(Cl)CN1CCOCC1C(=O)OC. The van der Waals surface area contributed by atoms with E-state index in [1.807, 2.05) is 4.90 Å². The Bertz CT molecular complexity index is 232. The van der Waals surface area contributed by atoms with Crippen LogP contribution in [-0.2, 0) is 14.3 Å². The van der Waals surface area contributed by atoms with E-state index in [4.69, 9.17) is 16.3 Å². The van der Waals surface area contributed by atoms with Crippen LogP contribution < -0.4 is 0 Å². The van der Waals surface area contributed by atoms with Crippen molar-refractivity contribution in [3.05, 3.63) is 11.6 Å². The number of carbonyl (C=O) groups is 1. The van der Waals surface area contributed by atoms with Crippen LogP contribution in [0.5, 0.6) is 0 Å². The van der Waals surface area contributed by atoms with Crippen LogP contribution in [0.25, 0.3) is 0 Å². The summed E-state index contributed by atoms with van der Waals surface area (Å²) in [5, 5.41) is 0.515. The maximum atomic E-state index is 11.3. The fourth-order valence-electron chi connectivity index (χ4n) is 1.40. The lowest BCUT2D eigenvalue weighted by atomic mass is 10.2. The Kier molecular flexibility index (Phi) is 4.38. The number of hydrogen-bond donors (Lipinski definition) is 0. The van der Waals surface area contributed by atoms with E-state index in [-0.39, 0.29) is 12.0 Å². The van der Waals surface area contributed by atoms with Crippen LogP contribution in [0.3, 0.4) is 0 Å². The average Bonchev–Trinajstić information content (AvgIpc) is 2.16. The molecule has 0 N–H and O–H groups in total. The Morgan fingerprint density at radius 1 is 1.79 bits per heavy atom. The number of ether oxygens (including phenoxy) is 2. The number of hydrogen-bond acceptors (Lipinski definition) is 4. The molecule has 0 aromatic heterocycles. The number of morpholine rings is 1. The quantitative estimate of drug-likeness (QED) is 0.653. The van der Waals surface area contributed by atoms with Gasteiger partial charge in [0.25, 0.3) is 0 Å². The van der Waals surface area contributed by atoms with Crippen LogP contribution in [0.1, 0.15) is 0 Å². The van der Waals surface area contributed by atoms with Gasteiger partial charge in [0.15, 0.2) is 0 Å². The van der Waals surface area contributed by atoms with Crippen molar-refractivity contribution in [3.63, 3.8) is 0 Å². The predicted octanol–water partition coefficient (Wildman–Crippen LogP) is 0.613. The molecule has 1 rings (SSSR count). The van der Waals surface area contributed by atoms with Crippen molar-refractivity contribution >= 4 is 17.6 Å². The summed E-state index contributed by atoms with van der Waals surface area (Å²) in [6, 6.07) is -0.357. The van der Waals surface area contributed by atoms with Gasteiger partial charge in [-0.05, 0) is 0 Å².